The Labute approximate surface area is 155 Å². The van der Waals surface area contributed by atoms with Crippen LogP contribution in [0.2, 0.25) is 0 Å². The van der Waals surface area contributed by atoms with Crippen LogP contribution in [0.25, 0.3) is 0 Å². The molecule has 25 heavy (non-hydrogen) atoms. The standard InChI is InChI=1S/C18H32N4O2S/c1-5-19-18(20-8-6-17-14(2)21-15(3)25-17)22-9-7-16(12-22)13-24-11-10-23-4/h16H,5-13H2,1-4H3,(H,19,20). The average Bonchev–Trinajstić information content (AvgIpc) is 3.17. The molecule has 0 spiro atoms. The zero-order valence-electron chi connectivity index (χ0n) is 16.0. The second-order valence-electron chi connectivity index (χ2n) is 6.40. The number of rotatable bonds is 9. The zero-order valence-corrected chi connectivity index (χ0v) is 16.8. The molecule has 7 heteroatoms. The van der Waals surface area contributed by atoms with Gasteiger partial charge in [0.2, 0.25) is 0 Å². The summed E-state index contributed by atoms with van der Waals surface area (Å²) >= 11 is 1.78. The highest BCUT2D eigenvalue weighted by Crippen LogP contribution is 2.19. The minimum Gasteiger partial charge on any atom is -0.382 e. The number of likely N-dealkylation sites (tertiary alicyclic amines) is 1. The predicted molar refractivity (Wildman–Crippen MR) is 104 cm³/mol. The summed E-state index contributed by atoms with van der Waals surface area (Å²) in [6, 6.07) is 0. The van der Waals surface area contributed by atoms with Crippen molar-refractivity contribution in [3.05, 3.63) is 15.6 Å². The van der Waals surface area contributed by atoms with E-state index in [-0.39, 0.29) is 0 Å². The molecule has 1 saturated heterocycles. The first-order valence-electron chi connectivity index (χ1n) is 9.16. The first-order chi connectivity index (χ1) is 12.1. The summed E-state index contributed by atoms with van der Waals surface area (Å²) in [5.41, 5.74) is 1.15. The number of nitrogens with zero attached hydrogens (tertiary/aromatic N) is 3. The predicted octanol–water partition coefficient (Wildman–Crippen LogP) is 2.25. The largest absolute Gasteiger partial charge is 0.382 e. The fourth-order valence-electron chi connectivity index (χ4n) is 3.05. The third-order valence-corrected chi connectivity index (χ3v) is 5.44. The lowest BCUT2D eigenvalue weighted by atomic mass is 10.1. The molecule has 0 radical (unpaired) electrons. The maximum absolute atomic E-state index is 5.68. The summed E-state index contributed by atoms with van der Waals surface area (Å²) in [6.45, 7) is 12.2. The Kier molecular flexibility index (Phi) is 8.64. The Bertz CT molecular complexity index is 547. The highest BCUT2D eigenvalue weighted by Gasteiger charge is 2.24. The Hall–Kier alpha value is -1.18. The van der Waals surface area contributed by atoms with Crippen LogP contribution >= 0.6 is 11.3 Å². The fourth-order valence-corrected chi connectivity index (χ4v) is 3.97. The van der Waals surface area contributed by atoms with Gasteiger partial charge in [0.15, 0.2) is 5.96 Å². The molecule has 1 aliphatic heterocycles. The number of aryl methyl sites for hydroxylation is 2. The van der Waals surface area contributed by atoms with Gasteiger partial charge < -0.3 is 19.7 Å². The smallest absolute Gasteiger partial charge is 0.193 e. The molecule has 6 nitrogen and oxygen atoms in total. The number of ether oxygens (including phenoxy) is 2. The van der Waals surface area contributed by atoms with Crippen molar-refractivity contribution >= 4 is 17.3 Å². The van der Waals surface area contributed by atoms with Crippen molar-refractivity contribution in [2.45, 2.75) is 33.6 Å². The molecule has 1 aromatic heterocycles. The van der Waals surface area contributed by atoms with E-state index in [4.69, 9.17) is 14.5 Å². The molecule has 1 aromatic rings. The van der Waals surface area contributed by atoms with Crippen molar-refractivity contribution in [2.24, 2.45) is 10.9 Å². The number of aliphatic imine (C=N–C) groups is 1. The Morgan fingerprint density at radius 1 is 1.40 bits per heavy atom. The third kappa shape index (κ3) is 6.56. The number of methoxy groups -OCH3 is 1. The van der Waals surface area contributed by atoms with Gasteiger partial charge in [-0.3, -0.25) is 4.99 Å². The topological polar surface area (TPSA) is 59.0 Å². The van der Waals surface area contributed by atoms with E-state index in [9.17, 15) is 0 Å². The molecular formula is C18H32N4O2S. The lowest BCUT2D eigenvalue weighted by molar-refractivity contribution is 0.0536. The van der Waals surface area contributed by atoms with Crippen molar-refractivity contribution in [2.75, 3.05) is 53.1 Å². The second-order valence-corrected chi connectivity index (χ2v) is 7.68. The van der Waals surface area contributed by atoms with Crippen LogP contribution in [0.1, 0.15) is 28.9 Å². The third-order valence-electron chi connectivity index (χ3n) is 4.31. The van der Waals surface area contributed by atoms with E-state index in [1.54, 1.807) is 18.4 Å². The molecule has 1 atom stereocenters. The van der Waals surface area contributed by atoms with Gasteiger partial charge in [-0.05, 0) is 27.2 Å². The molecule has 2 rings (SSSR count). The molecule has 1 aliphatic rings. The van der Waals surface area contributed by atoms with Gasteiger partial charge in [-0.2, -0.15) is 0 Å². The molecule has 1 N–H and O–H groups in total. The van der Waals surface area contributed by atoms with E-state index in [0.717, 1.165) is 62.3 Å². The average molecular weight is 369 g/mol. The van der Waals surface area contributed by atoms with Gasteiger partial charge in [0.1, 0.15) is 0 Å². The van der Waals surface area contributed by atoms with Crippen LogP contribution in [0.15, 0.2) is 4.99 Å². The first-order valence-corrected chi connectivity index (χ1v) is 9.98. The highest BCUT2D eigenvalue weighted by atomic mass is 32.1. The molecule has 0 aromatic carbocycles. The molecule has 1 unspecified atom stereocenters. The number of hydrogen-bond acceptors (Lipinski definition) is 5. The molecule has 0 bridgehead atoms. The van der Waals surface area contributed by atoms with E-state index in [0.29, 0.717) is 19.1 Å². The van der Waals surface area contributed by atoms with E-state index in [1.807, 2.05) is 0 Å². The molecule has 142 valence electrons. The summed E-state index contributed by atoms with van der Waals surface area (Å²) in [7, 11) is 1.70. The minimum atomic E-state index is 0.576. The minimum absolute atomic E-state index is 0.576. The highest BCUT2D eigenvalue weighted by molar-refractivity contribution is 7.11. The lowest BCUT2D eigenvalue weighted by Crippen LogP contribution is -2.40. The van der Waals surface area contributed by atoms with Crippen LogP contribution in [-0.4, -0.2) is 69.0 Å². The van der Waals surface area contributed by atoms with Crippen LogP contribution < -0.4 is 5.32 Å². The Morgan fingerprint density at radius 3 is 2.92 bits per heavy atom. The van der Waals surface area contributed by atoms with Crippen molar-refractivity contribution in [3.63, 3.8) is 0 Å². The number of guanidine groups is 1. The summed E-state index contributed by atoms with van der Waals surface area (Å²) in [4.78, 5) is 13.0. The van der Waals surface area contributed by atoms with Crippen molar-refractivity contribution in [1.82, 2.24) is 15.2 Å². The Morgan fingerprint density at radius 2 is 2.24 bits per heavy atom. The summed E-state index contributed by atoms with van der Waals surface area (Å²) < 4.78 is 10.7. The van der Waals surface area contributed by atoms with E-state index >= 15 is 0 Å². The second kappa shape index (κ2) is 10.7. The van der Waals surface area contributed by atoms with Crippen LogP contribution in [0.5, 0.6) is 0 Å². The van der Waals surface area contributed by atoms with Gasteiger partial charge >= 0.3 is 0 Å². The summed E-state index contributed by atoms with van der Waals surface area (Å²) in [6.07, 6.45) is 2.12. The van der Waals surface area contributed by atoms with Crippen LogP contribution in [0.3, 0.4) is 0 Å². The summed E-state index contributed by atoms with van der Waals surface area (Å²) in [5, 5.41) is 4.57. The SMILES string of the molecule is CCNC(=NCCc1sc(C)nc1C)N1CCC(COCCOC)C1. The molecular weight excluding hydrogens is 336 g/mol. The van der Waals surface area contributed by atoms with Crippen LogP contribution in [-0.2, 0) is 15.9 Å². The van der Waals surface area contributed by atoms with Gasteiger partial charge in [-0.25, -0.2) is 4.98 Å². The molecule has 1 fully saturated rings. The maximum atomic E-state index is 5.68. The quantitative estimate of drug-likeness (QED) is 0.412. The number of nitrogens with one attached hydrogen (secondary N) is 1. The molecule has 0 saturated carbocycles. The fraction of sp³-hybridized carbons (Fsp3) is 0.778. The van der Waals surface area contributed by atoms with Crippen molar-refractivity contribution < 1.29 is 9.47 Å². The summed E-state index contributed by atoms with van der Waals surface area (Å²) in [5.74, 6) is 1.60. The number of hydrogen-bond donors (Lipinski definition) is 1. The van der Waals surface area contributed by atoms with Gasteiger partial charge in [0.25, 0.3) is 0 Å². The zero-order chi connectivity index (χ0) is 18.1. The van der Waals surface area contributed by atoms with Gasteiger partial charge in [0.05, 0.1) is 30.5 Å². The van der Waals surface area contributed by atoms with Crippen LogP contribution in [0.4, 0.5) is 0 Å². The molecule has 0 amide bonds. The number of thiazole rings is 1. The van der Waals surface area contributed by atoms with E-state index < -0.39 is 0 Å². The Balaban J connectivity index is 1.82. The number of aromatic nitrogens is 1. The lowest BCUT2D eigenvalue weighted by Gasteiger charge is -2.21. The molecule has 0 aliphatic carbocycles. The normalized spacial score (nSPS) is 18.2. The first kappa shape index (κ1) is 20.1. The van der Waals surface area contributed by atoms with E-state index in [1.165, 1.54) is 4.88 Å². The van der Waals surface area contributed by atoms with E-state index in [2.05, 4.69) is 36.0 Å². The van der Waals surface area contributed by atoms with Gasteiger partial charge in [0, 0.05) is 50.5 Å². The molecule has 2 heterocycles. The maximum Gasteiger partial charge on any atom is 0.193 e. The monoisotopic (exact) mass is 368 g/mol. The van der Waals surface area contributed by atoms with Crippen molar-refractivity contribution in [1.29, 1.82) is 0 Å². The van der Waals surface area contributed by atoms with Crippen LogP contribution in [0, 0.1) is 19.8 Å². The van der Waals surface area contributed by atoms with Gasteiger partial charge in [-0.1, -0.05) is 0 Å². The van der Waals surface area contributed by atoms with Crippen molar-refractivity contribution in [3.8, 4) is 0 Å². The van der Waals surface area contributed by atoms with Gasteiger partial charge in [-0.15, -0.1) is 11.3 Å².